The van der Waals surface area contributed by atoms with Crippen LogP contribution in [-0.4, -0.2) is 20.8 Å². The zero-order chi connectivity index (χ0) is 23.3. The molecule has 184 valence electrons. The van der Waals surface area contributed by atoms with Gasteiger partial charge in [-0.2, -0.15) is 8.42 Å². The first-order valence-corrected chi connectivity index (χ1v) is 15.3. The minimum atomic E-state index is -3.38. The molecule has 0 saturated heterocycles. The summed E-state index contributed by atoms with van der Waals surface area (Å²) in [4.78, 5) is 0. The fraction of sp³-hybridized carbons (Fsp3) is 0.929. The molecule has 0 N–H and O–H groups in total. The Morgan fingerprint density at radius 1 is 1.03 bits per heavy atom. The van der Waals surface area contributed by atoms with Crippen LogP contribution in [0, 0.1) is 46.3 Å². The molecule has 0 radical (unpaired) electrons. The minimum Gasteiger partial charge on any atom is -0.267 e. The van der Waals surface area contributed by atoms with Gasteiger partial charge in [0.25, 0.3) is 10.1 Å². The van der Waals surface area contributed by atoms with Crippen molar-refractivity contribution in [3.05, 3.63) is 11.6 Å². The Morgan fingerprint density at radius 2 is 1.78 bits per heavy atom. The second-order valence-electron chi connectivity index (χ2n) is 13.0. The van der Waals surface area contributed by atoms with Crippen LogP contribution in [0.15, 0.2) is 11.6 Å². The summed E-state index contributed by atoms with van der Waals surface area (Å²) in [6.07, 6.45) is 17.3. The van der Waals surface area contributed by atoms with Gasteiger partial charge in [-0.15, -0.1) is 0 Å². The summed E-state index contributed by atoms with van der Waals surface area (Å²) in [6, 6.07) is 0. The average molecular weight is 465 g/mol. The Hall–Kier alpha value is -0.350. The first-order chi connectivity index (χ1) is 14.9. The standard InChI is InChI=1S/C28H48O3S/c1-19(2)8-7-9-20(3)24-12-13-25-23-11-10-21-18-22(31-32(6,29)30)14-16-27(21,4)26(23)15-17-28(24,25)5/h10,19-20,22-26H,7-9,11-18H2,1-6H3/t20-,22+,23?,24?,25?,26?,27?,28?/m1/s1. The van der Waals surface area contributed by atoms with Crippen molar-refractivity contribution in [3.63, 3.8) is 0 Å². The summed E-state index contributed by atoms with van der Waals surface area (Å²) in [5.74, 6) is 5.05. The van der Waals surface area contributed by atoms with E-state index in [1.165, 1.54) is 63.2 Å². The third-order valence-electron chi connectivity index (χ3n) is 10.6. The third kappa shape index (κ3) is 4.61. The Kier molecular flexibility index (Phi) is 6.98. The van der Waals surface area contributed by atoms with E-state index in [0.717, 1.165) is 54.8 Å². The molecule has 0 aromatic heterocycles. The number of hydrogen-bond donors (Lipinski definition) is 0. The van der Waals surface area contributed by atoms with E-state index < -0.39 is 10.1 Å². The van der Waals surface area contributed by atoms with Crippen molar-refractivity contribution in [1.82, 2.24) is 0 Å². The van der Waals surface area contributed by atoms with Gasteiger partial charge in [-0.25, -0.2) is 0 Å². The van der Waals surface area contributed by atoms with Crippen LogP contribution in [0.2, 0.25) is 0 Å². The van der Waals surface area contributed by atoms with Gasteiger partial charge in [-0.05, 0) is 97.7 Å². The van der Waals surface area contributed by atoms with Crippen LogP contribution in [0.5, 0.6) is 0 Å². The van der Waals surface area contributed by atoms with Crippen molar-refractivity contribution in [1.29, 1.82) is 0 Å². The van der Waals surface area contributed by atoms with E-state index in [1.54, 1.807) is 0 Å². The molecular formula is C28H48O3S. The highest BCUT2D eigenvalue weighted by molar-refractivity contribution is 7.86. The lowest BCUT2D eigenvalue weighted by atomic mass is 9.47. The van der Waals surface area contributed by atoms with Crippen LogP contribution in [0.25, 0.3) is 0 Å². The van der Waals surface area contributed by atoms with Gasteiger partial charge in [0.2, 0.25) is 0 Å². The Labute approximate surface area is 198 Å². The lowest BCUT2D eigenvalue weighted by Crippen LogP contribution is -2.51. The molecule has 0 heterocycles. The zero-order valence-electron chi connectivity index (χ0n) is 21.5. The first kappa shape index (κ1) is 24.8. The molecule has 0 spiro atoms. The molecule has 6 unspecified atom stereocenters. The maximum Gasteiger partial charge on any atom is 0.264 e. The number of allylic oxidation sites excluding steroid dienone is 1. The SMILES string of the molecule is CC(C)CCC[C@@H](C)C1CCC2C3CC=C4C[C@@H](OS(C)(=O)=O)CCC4(C)C3CCC21C. The molecule has 0 aromatic rings. The second-order valence-corrected chi connectivity index (χ2v) is 14.6. The van der Waals surface area contributed by atoms with Gasteiger partial charge in [0, 0.05) is 0 Å². The van der Waals surface area contributed by atoms with E-state index in [0.29, 0.717) is 5.41 Å². The van der Waals surface area contributed by atoms with Crippen molar-refractivity contribution < 1.29 is 12.6 Å². The highest BCUT2D eigenvalue weighted by atomic mass is 32.2. The van der Waals surface area contributed by atoms with Crippen molar-refractivity contribution in [2.45, 2.75) is 111 Å². The summed E-state index contributed by atoms with van der Waals surface area (Å²) < 4.78 is 28.8. The molecule has 4 rings (SSSR count). The molecule has 32 heavy (non-hydrogen) atoms. The maximum absolute atomic E-state index is 11.7. The van der Waals surface area contributed by atoms with E-state index in [1.807, 2.05) is 0 Å². The van der Waals surface area contributed by atoms with E-state index >= 15 is 0 Å². The average Bonchev–Trinajstić information content (AvgIpc) is 3.04. The number of fused-ring (bicyclic) bond motifs is 5. The minimum absolute atomic E-state index is 0.155. The van der Waals surface area contributed by atoms with E-state index in [4.69, 9.17) is 4.18 Å². The summed E-state index contributed by atoms with van der Waals surface area (Å²) in [5, 5.41) is 0. The van der Waals surface area contributed by atoms with Crippen LogP contribution in [0.1, 0.15) is 105 Å². The maximum atomic E-state index is 11.7. The molecule has 4 heteroatoms. The Balaban J connectivity index is 1.47. The lowest BCUT2D eigenvalue weighted by molar-refractivity contribution is -0.0556. The molecule has 3 nitrogen and oxygen atoms in total. The molecule has 0 aliphatic heterocycles. The van der Waals surface area contributed by atoms with Gasteiger partial charge < -0.3 is 0 Å². The molecule has 8 atom stereocenters. The predicted molar refractivity (Wildman–Crippen MR) is 133 cm³/mol. The van der Waals surface area contributed by atoms with Gasteiger partial charge in [-0.3, -0.25) is 4.18 Å². The smallest absolute Gasteiger partial charge is 0.264 e. The summed E-state index contributed by atoms with van der Waals surface area (Å²) >= 11 is 0. The van der Waals surface area contributed by atoms with Gasteiger partial charge >= 0.3 is 0 Å². The zero-order valence-corrected chi connectivity index (χ0v) is 22.3. The molecule has 4 aliphatic carbocycles. The van der Waals surface area contributed by atoms with Crippen LogP contribution in [0.3, 0.4) is 0 Å². The van der Waals surface area contributed by atoms with Crippen molar-refractivity contribution in [2.24, 2.45) is 46.3 Å². The van der Waals surface area contributed by atoms with Crippen molar-refractivity contribution >= 4 is 10.1 Å². The van der Waals surface area contributed by atoms with Crippen LogP contribution >= 0.6 is 0 Å². The normalized spacial score (nSPS) is 42.7. The summed E-state index contributed by atoms with van der Waals surface area (Å²) in [7, 11) is -3.38. The van der Waals surface area contributed by atoms with E-state index in [-0.39, 0.29) is 11.5 Å². The van der Waals surface area contributed by atoms with Crippen molar-refractivity contribution in [2.75, 3.05) is 6.26 Å². The predicted octanol–water partition coefficient (Wildman–Crippen LogP) is 7.37. The largest absolute Gasteiger partial charge is 0.267 e. The van der Waals surface area contributed by atoms with Crippen LogP contribution in [-0.2, 0) is 14.3 Å². The highest BCUT2D eigenvalue weighted by Crippen LogP contribution is 2.67. The molecule has 4 aliphatic rings. The quantitative estimate of drug-likeness (QED) is 0.292. The Morgan fingerprint density at radius 3 is 2.47 bits per heavy atom. The van der Waals surface area contributed by atoms with E-state index in [9.17, 15) is 8.42 Å². The summed E-state index contributed by atoms with van der Waals surface area (Å²) in [5.41, 5.74) is 2.28. The van der Waals surface area contributed by atoms with Gasteiger partial charge in [0.15, 0.2) is 0 Å². The van der Waals surface area contributed by atoms with Crippen LogP contribution in [0.4, 0.5) is 0 Å². The van der Waals surface area contributed by atoms with Gasteiger partial charge in [0.1, 0.15) is 0 Å². The van der Waals surface area contributed by atoms with Crippen molar-refractivity contribution in [3.8, 4) is 0 Å². The topological polar surface area (TPSA) is 43.4 Å². The molecule has 0 amide bonds. The van der Waals surface area contributed by atoms with E-state index in [2.05, 4.69) is 40.7 Å². The molecular weight excluding hydrogens is 416 g/mol. The molecule has 3 saturated carbocycles. The van der Waals surface area contributed by atoms with Gasteiger partial charge in [-0.1, -0.05) is 65.5 Å². The highest BCUT2D eigenvalue weighted by Gasteiger charge is 2.59. The second kappa shape index (κ2) is 9.02. The Bertz CT molecular complexity index is 815. The number of hydrogen-bond acceptors (Lipinski definition) is 3. The molecule has 0 bridgehead atoms. The van der Waals surface area contributed by atoms with Crippen LogP contribution < -0.4 is 0 Å². The monoisotopic (exact) mass is 464 g/mol. The lowest BCUT2D eigenvalue weighted by Gasteiger charge is -2.58. The molecule has 0 aromatic carbocycles. The number of rotatable bonds is 7. The summed E-state index contributed by atoms with van der Waals surface area (Å²) in [6.45, 7) is 12.4. The fourth-order valence-electron chi connectivity index (χ4n) is 8.98. The first-order valence-electron chi connectivity index (χ1n) is 13.5. The molecule has 3 fully saturated rings. The van der Waals surface area contributed by atoms with Gasteiger partial charge in [0.05, 0.1) is 12.4 Å². The third-order valence-corrected chi connectivity index (χ3v) is 11.2. The fourth-order valence-corrected chi connectivity index (χ4v) is 9.64.